The van der Waals surface area contributed by atoms with Crippen molar-refractivity contribution in [2.45, 2.75) is 0 Å². The zero-order chi connectivity index (χ0) is 6.97. The van der Waals surface area contributed by atoms with E-state index in [9.17, 15) is 0 Å². The van der Waals surface area contributed by atoms with E-state index >= 15 is 0 Å². The number of nitrogens with zero attached hydrogens (tertiary/aromatic N) is 3. The van der Waals surface area contributed by atoms with Crippen LogP contribution >= 0.6 is 0 Å². The number of nitrogens with two attached hydrogens (primary N) is 1. The van der Waals surface area contributed by atoms with Gasteiger partial charge < -0.3 is 5.84 Å². The summed E-state index contributed by atoms with van der Waals surface area (Å²) in [6, 6.07) is 3.77. The third-order valence-corrected chi connectivity index (χ3v) is 1.30. The summed E-state index contributed by atoms with van der Waals surface area (Å²) >= 11 is 0. The minimum atomic E-state index is 0.685. The molecule has 0 saturated carbocycles. The number of hydrogen-bond acceptors (Lipinski definition) is 3. The Morgan fingerprint density at radius 2 is 2.40 bits per heavy atom. The predicted octanol–water partition coefficient (Wildman–Crippen LogP) is 0.145. The minimum absolute atomic E-state index is 0.685. The van der Waals surface area contributed by atoms with Crippen LogP contribution in [-0.4, -0.2) is 14.9 Å². The summed E-state index contributed by atoms with van der Waals surface area (Å²) in [5.41, 5.74) is 0.685. The van der Waals surface area contributed by atoms with Crippen molar-refractivity contribution in [1.29, 1.82) is 0 Å². The lowest BCUT2D eigenvalue weighted by Crippen LogP contribution is -2.07. The first-order valence-corrected chi connectivity index (χ1v) is 2.92. The molecule has 2 heterocycles. The number of fused-ring (bicyclic) bond motifs is 1. The van der Waals surface area contributed by atoms with Gasteiger partial charge in [0, 0.05) is 11.6 Å². The quantitative estimate of drug-likeness (QED) is 0.521. The standard InChI is InChI=1S/C6H6N4/c7-10-4-5-2-1-3-8-6(5)9-10/h1-4H,7H2. The zero-order valence-corrected chi connectivity index (χ0v) is 5.23. The maximum atomic E-state index is 5.36. The van der Waals surface area contributed by atoms with Crippen LogP contribution < -0.4 is 5.84 Å². The molecule has 0 bridgehead atoms. The van der Waals surface area contributed by atoms with Crippen molar-refractivity contribution in [3.8, 4) is 0 Å². The van der Waals surface area contributed by atoms with Gasteiger partial charge in [0.1, 0.15) is 0 Å². The second kappa shape index (κ2) is 1.70. The van der Waals surface area contributed by atoms with Crippen LogP contribution in [0.2, 0.25) is 0 Å². The van der Waals surface area contributed by atoms with Crippen LogP contribution in [0.5, 0.6) is 0 Å². The Kier molecular flexibility index (Phi) is 0.887. The van der Waals surface area contributed by atoms with Crippen molar-refractivity contribution in [2.75, 3.05) is 5.84 Å². The summed E-state index contributed by atoms with van der Waals surface area (Å²) < 4.78 is 0. The molecule has 0 radical (unpaired) electrons. The van der Waals surface area contributed by atoms with E-state index in [1.807, 2.05) is 12.1 Å². The van der Waals surface area contributed by atoms with Crippen LogP contribution in [0.4, 0.5) is 0 Å². The van der Waals surface area contributed by atoms with Gasteiger partial charge >= 0.3 is 0 Å². The van der Waals surface area contributed by atoms with E-state index in [2.05, 4.69) is 10.1 Å². The van der Waals surface area contributed by atoms with Gasteiger partial charge in [-0.3, -0.25) is 0 Å². The Balaban J connectivity index is 2.88. The lowest BCUT2D eigenvalue weighted by Gasteiger charge is -1.80. The molecule has 0 unspecified atom stereocenters. The average Bonchev–Trinajstić information content (AvgIpc) is 2.27. The topological polar surface area (TPSA) is 56.7 Å². The molecule has 2 aromatic rings. The number of rotatable bonds is 0. The highest BCUT2D eigenvalue weighted by Gasteiger charge is 1.95. The Hall–Kier alpha value is -1.58. The summed E-state index contributed by atoms with van der Waals surface area (Å²) in [4.78, 5) is 5.25. The number of pyridine rings is 1. The third kappa shape index (κ3) is 0.621. The second-order valence-electron chi connectivity index (χ2n) is 2.03. The van der Waals surface area contributed by atoms with E-state index in [1.54, 1.807) is 12.4 Å². The maximum absolute atomic E-state index is 5.36. The molecule has 0 aliphatic heterocycles. The van der Waals surface area contributed by atoms with Crippen molar-refractivity contribution in [1.82, 2.24) is 14.9 Å². The van der Waals surface area contributed by atoms with Crippen molar-refractivity contribution in [3.63, 3.8) is 0 Å². The summed E-state index contributed by atoms with van der Waals surface area (Å²) in [7, 11) is 0. The molecule has 0 amide bonds. The predicted molar refractivity (Wildman–Crippen MR) is 37.7 cm³/mol. The second-order valence-corrected chi connectivity index (χ2v) is 2.03. The third-order valence-electron chi connectivity index (χ3n) is 1.30. The zero-order valence-electron chi connectivity index (χ0n) is 5.23. The Morgan fingerprint density at radius 3 is 3.20 bits per heavy atom. The average molecular weight is 134 g/mol. The lowest BCUT2D eigenvalue weighted by atomic mass is 10.4. The van der Waals surface area contributed by atoms with Gasteiger partial charge in [0.25, 0.3) is 0 Å². The van der Waals surface area contributed by atoms with Crippen molar-refractivity contribution < 1.29 is 0 Å². The highest BCUT2D eigenvalue weighted by atomic mass is 15.5. The molecule has 2 aromatic heterocycles. The first-order chi connectivity index (χ1) is 4.86. The molecule has 0 aliphatic carbocycles. The van der Waals surface area contributed by atoms with Crippen LogP contribution in [0, 0.1) is 0 Å². The molecular formula is C6H6N4. The number of aromatic nitrogens is 3. The van der Waals surface area contributed by atoms with E-state index in [0.29, 0.717) is 5.65 Å². The van der Waals surface area contributed by atoms with Gasteiger partial charge in [0.05, 0.1) is 6.20 Å². The van der Waals surface area contributed by atoms with Crippen molar-refractivity contribution in [2.24, 2.45) is 0 Å². The summed E-state index contributed by atoms with van der Waals surface area (Å²) in [5.74, 6) is 5.36. The smallest absolute Gasteiger partial charge is 0.183 e. The molecule has 50 valence electrons. The van der Waals surface area contributed by atoms with Gasteiger partial charge in [-0.25, -0.2) is 4.98 Å². The van der Waals surface area contributed by atoms with Crippen LogP contribution in [-0.2, 0) is 0 Å². The summed E-state index contributed by atoms with van der Waals surface area (Å²) in [6.07, 6.45) is 3.41. The molecule has 2 N–H and O–H groups in total. The normalized spacial score (nSPS) is 10.4. The summed E-state index contributed by atoms with van der Waals surface area (Å²) in [5, 5.41) is 4.86. The van der Waals surface area contributed by atoms with E-state index < -0.39 is 0 Å². The van der Waals surface area contributed by atoms with Crippen molar-refractivity contribution >= 4 is 11.0 Å². The van der Waals surface area contributed by atoms with Crippen LogP contribution in [0.15, 0.2) is 24.5 Å². The van der Waals surface area contributed by atoms with E-state index in [0.717, 1.165) is 5.39 Å². The first kappa shape index (κ1) is 5.22. The van der Waals surface area contributed by atoms with Gasteiger partial charge in [-0.2, -0.15) is 4.79 Å². The fraction of sp³-hybridized carbons (Fsp3) is 0. The highest BCUT2D eigenvalue weighted by molar-refractivity contribution is 5.73. The van der Waals surface area contributed by atoms with E-state index in [4.69, 9.17) is 5.84 Å². The van der Waals surface area contributed by atoms with Gasteiger partial charge in [-0.15, -0.1) is 5.10 Å². The molecule has 0 aromatic carbocycles. The van der Waals surface area contributed by atoms with Gasteiger partial charge in [-0.05, 0) is 12.1 Å². The van der Waals surface area contributed by atoms with Crippen LogP contribution in [0.3, 0.4) is 0 Å². The molecule has 0 spiro atoms. The van der Waals surface area contributed by atoms with E-state index in [-0.39, 0.29) is 0 Å². The molecule has 2 rings (SSSR count). The molecule has 4 heteroatoms. The van der Waals surface area contributed by atoms with Gasteiger partial charge in [0.2, 0.25) is 0 Å². The molecule has 0 fully saturated rings. The Morgan fingerprint density at radius 1 is 1.50 bits per heavy atom. The van der Waals surface area contributed by atoms with Gasteiger partial charge in [0.15, 0.2) is 5.65 Å². The molecule has 0 aliphatic rings. The molecule has 0 atom stereocenters. The number of nitrogen functional groups attached to an aromatic ring is 1. The molecular weight excluding hydrogens is 128 g/mol. The van der Waals surface area contributed by atoms with E-state index in [1.165, 1.54) is 4.79 Å². The molecule has 4 nitrogen and oxygen atoms in total. The van der Waals surface area contributed by atoms with Crippen LogP contribution in [0.25, 0.3) is 11.0 Å². The molecule has 0 saturated heterocycles. The highest BCUT2D eigenvalue weighted by Crippen LogP contribution is 2.04. The Labute approximate surface area is 57.2 Å². The van der Waals surface area contributed by atoms with Gasteiger partial charge in [-0.1, -0.05) is 0 Å². The minimum Gasteiger partial charge on any atom is -0.323 e. The molecule has 10 heavy (non-hydrogen) atoms. The van der Waals surface area contributed by atoms with Crippen LogP contribution in [0.1, 0.15) is 0 Å². The SMILES string of the molecule is Nn1cc2cccnc2n1. The largest absolute Gasteiger partial charge is 0.323 e. The fourth-order valence-corrected chi connectivity index (χ4v) is 0.874. The number of hydrogen-bond donors (Lipinski definition) is 1. The Bertz CT molecular complexity index is 318. The first-order valence-electron chi connectivity index (χ1n) is 2.92. The fourth-order valence-electron chi connectivity index (χ4n) is 0.874. The summed E-state index contributed by atoms with van der Waals surface area (Å²) in [6.45, 7) is 0. The monoisotopic (exact) mass is 134 g/mol. The lowest BCUT2D eigenvalue weighted by molar-refractivity contribution is 0.841. The maximum Gasteiger partial charge on any atom is 0.183 e. The van der Waals surface area contributed by atoms with Crippen molar-refractivity contribution in [3.05, 3.63) is 24.5 Å².